The van der Waals surface area contributed by atoms with Crippen LogP contribution in [0.1, 0.15) is 142 Å². The fourth-order valence-corrected chi connectivity index (χ4v) is 5.64. The highest BCUT2D eigenvalue weighted by molar-refractivity contribution is 7.47. The monoisotopic (exact) mass is 765 g/mol. The maximum absolute atomic E-state index is 12.6. The fourth-order valence-electron chi connectivity index (χ4n) is 4.87. The molecule has 3 atom stereocenters. The van der Waals surface area contributed by atoms with Gasteiger partial charge in [-0.25, -0.2) is 4.57 Å². The van der Waals surface area contributed by atoms with E-state index in [4.69, 9.17) is 29.4 Å². The standard InChI is InChI=1S/C42H72NO9P/c1-3-5-7-9-11-13-15-17-19-20-21-22-24-26-28-30-32-34-41(44)52-39(37-50-53(47,48)51-38-40(43)42(45)46)36-49-35-33-31-29-27-25-23-18-16-14-12-10-8-6-4-2/h5,7-8,10-11,13-14,16-17,19,21-22,39-40H,3-4,6,9,12,15,18,20,23-38,43H2,1-2H3,(H,45,46)(H,47,48)/b7-5-,10-8-,13-11-,16-14-,19-17-,22-21-. The molecule has 0 saturated carbocycles. The average Bonchev–Trinajstić information content (AvgIpc) is 3.13. The quantitative estimate of drug-likeness (QED) is 0.0241. The highest BCUT2D eigenvalue weighted by atomic mass is 31.2. The lowest BCUT2D eigenvalue weighted by Gasteiger charge is -2.20. The van der Waals surface area contributed by atoms with Gasteiger partial charge in [0.25, 0.3) is 0 Å². The number of allylic oxidation sites excluding steroid dienone is 12. The van der Waals surface area contributed by atoms with Gasteiger partial charge in [0, 0.05) is 13.0 Å². The van der Waals surface area contributed by atoms with E-state index in [2.05, 4.69) is 86.8 Å². The van der Waals surface area contributed by atoms with Crippen LogP contribution in [-0.4, -0.2) is 60.5 Å². The average molecular weight is 766 g/mol. The lowest BCUT2D eigenvalue weighted by atomic mass is 10.1. The molecule has 0 amide bonds. The number of carboxylic acid groups (broad SMARTS) is 1. The summed E-state index contributed by atoms with van der Waals surface area (Å²) >= 11 is 0. The molecule has 0 fully saturated rings. The number of phosphoric ester groups is 1. The van der Waals surface area contributed by atoms with Crippen LogP contribution >= 0.6 is 7.82 Å². The molecule has 10 nitrogen and oxygen atoms in total. The molecule has 11 heteroatoms. The van der Waals surface area contributed by atoms with E-state index in [1.54, 1.807) is 0 Å². The van der Waals surface area contributed by atoms with Crippen molar-refractivity contribution < 1.29 is 42.7 Å². The Morgan fingerprint density at radius 1 is 0.623 bits per heavy atom. The summed E-state index contributed by atoms with van der Waals surface area (Å²) in [6.45, 7) is 3.62. The summed E-state index contributed by atoms with van der Waals surface area (Å²) in [5.74, 6) is -1.82. The van der Waals surface area contributed by atoms with Crippen LogP contribution in [-0.2, 0) is 32.7 Å². The predicted octanol–water partition coefficient (Wildman–Crippen LogP) is 10.6. The van der Waals surface area contributed by atoms with Crippen LogP contribution < -0.4 is 5.73 Å². The van der Waals surface area contributed by atoms with Gasteiger partial charge in [0.2, 0.25) is 0 Å². The van der Waals surface area contributed by atoms with Gasteiger partial charge in [-0.15, -0.1) is 0 Å². The van der Waals surface area contributed by atoms with Crippen LogP contribution in [0.2, 0.25) is 0 Å². The number of nitrogens with two attached hydrogens (primary N) is 1. The van der Waals surface area contributed by atoms with Crippen molar-refractivity contribution in [2.75, 3.05) is 26.4 Å². The first-order valence-corrected chi connectivity index (χ1v) is 21.5. The number of aliphatic carboxylic acids is 1. The van der Waals surface area contributed by atoms with Crippen LogP contribution in [0.5, 0.6) is 0 Å². The number of unbranched alkanes of at least 4 members (excludes halogenated alkanes) is 11. The van der Waals surface area contributed by atoms with Crippen molar-refractivity contribution in [3.63, 3.8) is 0 Å². The molecular formula is C42H72NO9P. The molecule has 3 unspecified atom stereocenters. The summed E-state index contributed by atoms with van der Waals surface area (Å²) in [5, 5.41) is 8.88. The van der Waals surface area contributed by atoms with Gasteiger partial charge in [0.1, 0.15) is 12.1 Å². The first-order valence-electron chi connectivity index (χ1n) is 20.0. The van der Waals surface area contributed by atoms with Crippen molar-refractivity contribution in [1.29, 1.82) is 0 Å². The molecule has 0 aromatic rings. The second-order valence-corrected chi connectivity index (χ2v) is 14.5. The second-order valence-electron chi connectivity index (χ2n) is 13.0. The number of phosphoric acid groups is 1. The van der Waals surface area contributed by atoms with E-state index in [1.807, 2.05) is 0 Å². The van der Waals surface area contributed by atoms with Gasteiger partial charge in [-0.05, 0) is 77.0 Å². The van der Waals surface area contributed by atoms with E-state index >= 15 is 0 Å². The molecule has 0 aromatic carbocycles. The fraction of sp³-hybridized carbons (Fsp3) is 0.667. The van der Waals surface area contributed by atoms with E-state index in [0.29, 0.717) is 13.0 Å². The van der Waals surface area contributed by atoms with E-state index in [9.17, 15) is 19.0 Å². The minimum absolute atomic E-state index is 0.00475. The number of rotatable bonds is 37. The summed E-state index contributed by atoms with van der Waals surface area (Å²) < 4.78 is 33.2. The molecule has 0 aliphatic carbocycles. The first kappa shape index (κ1) is 50.4. The smallest absolute Gasteiger partial charge is 0.472 e. The van der Waals surface area contributed by atoms with Crippen LogP contribution in [0.3, 0.4) is 0 Å². The lowest BCUT2D eigenvalue weighted by molar-refractivity contribution is -0.154. The van der Waals surface area contributed by atoms with Crippen LogP contribution in [0.15, 0.2) is 72.9 Å². The Bertz CT molecular complexity index is 1120. The molecule has 0 aromatic heterocycles. The molecule has 0 spiro atoms. The summed E-state index contributed by atoms with van der Waals surface area (Å²) in [5.41, 5.74) is 5.34. The largest absolute Gasteiger partial charge is 0.480 e. The third-order valence-electron chi connectivity index (χ3n) is 7.95. The predicted molar refractivity (Wildman–Crippen MR) is 217 cm³/mol. The Labute approximate surface area is 321 Å². The molecule has 4 N–H and O–H groups in total. The minimum atomic E-state index is -4.63. The molecule has 0 aliphatic rings. The van der Waals surface area contributed by atoms with Gasteiger partial charge in [0.15, 0.2) is 0 Å². The third-order valence-corrected chi connectivity index (χ3v) is 8.90. The third kappa shape index (κ3) is 37.5. The topological polar surface area (TPSA) is 155 Å². The summed E-state index contributed by atoms with van der Waals surface area (Å²) in [6, 6.07) is -1.48. The summed E-state index contributed by atoms with van der Waals surface area (Å²) in [7, 11) is -4.63. The molecule has 0 saturated heterocycles. The van der Waals surface area contributed by atoms with E-state index in [1.165, 1.54) is 25.7 Å². The number of carbonyl (C=O) groups is 2. The minimum Gasteiger partial charge on any atom is -0.480 e. The molecular weight excluding hydrogens is 693 g/mol. The van der Waals surface area contributed by atoms with Gasteiger partial charge in [-0.3, -0.25) is 18.6 Å². The first-order chi connectivity index (χ1) is 25.7. The number of carbonyl (C=O) groups excluding carboxylic acids is 1. The van der Waals surface area contributed by atoms with Crippen LogP contribution in [0.25, 0.3) is 0 Å². The molecule has 0 radical (unpaired) electrons. The highest BCUT2D eigenvalue weighted by Crippen LogP contribution is 2.43. The van der Waals surface area contributed by atoms with Gasteiger partial charge >= 0.3 is 19.8 Å². The zero-order valence-corrected chi connectivity index (χ0v) is 33.7. The van der Waals surface area contributed by atoms with Crippen molar-refractivity contribution in [1.82, 2.24) is 0 Å². The van der Waals surface area contributed by atoms with Crippen molar-refractivity contribution in [3.8, 4) is 0 Å². The summed E-state index contributed by atoms with van der Waals surface area (Å²) in [4.78, 5) is 33.5. The Hall–Kier alpha value is -2.59. The van der Waals surface area contributed by atoms with Crippen molar-refractivity contribution in [2.24, 2.45) is 5.73 Å². The maximum atomic E-state index is 12.6. The number of esters is 1. The zero-order chi connectivity index (χ0) is 39.1. The number of hydrogen-bond acceptors (Lipinski definition) is 8. The Balaban J connectivity index is 4.37. The summed E-state index contributed by atoms with van der Waals surface area (Å²) in [6.07, 6.45) is 45.2. The second kappa shape index (κ2) is 37.7. The Morgan fingerprint density at radius 3 is 1.64 bits per heavy atom. The van der Waals surface area contributed by atoms with E-state index < -0.39 is 45.1 Å². The van der Waals surface area contributed by atoms with Crippen molar-refractivity contribution in [2.45, 2.75) is 154 Å². The molecule has 0 aliphatic heterocycles. The van der Waals surface area contributed by atoms with Gasteiger partial charge in [-0.1, -0.05) is 132 Å². The maximum Gasteiger partial charge on any atom is 0.472 e. The van der Waals surface area contributed by atoms with Gasteiger partial charge in [-0.2, -0.15) is 0 Å². The Morgan fingerprint density at radius 2 is 1.09 bits per heavy atom. The van der Waals surface area contributed by atoms with Gasteiger partial charge < -0.3 is 25.2 Å². The van der Waals surface area contributed by atoms with Crippen molar-refractivity contribution >= 4 is 19.8 Å². The molecule has 0 heterocycles. The molecule has 0 rings (SSSR count). The molecule has 0 bridgehead atoms. The van der Waals surface area contributed by atoms with Crippen LogP contribution in [0, 0.1) is 0 Å². The Kier molecular flexibility index (Phi) is 35.9. The highest BCUT2D eigenvalue weighted by Gasteiger charge is 2.27. The normalized spacial score (nSPS) is 14.8. The zero-order valence-electron chi connectivity index (χ0n) is 32.8. The van der Waals surface area contributed by atoms with Crippen molar-refractivity contribution in [3.05, 3.63) is 72.9 Å². The van der Waals surface area contributed by atoms with Crippen LogP contribution in [0.4, 0.5) is 0 Å². The molecule has 53 heavy (non-hydrogen) atoms. The van der Waals surface area contributed by atoms with Gasteiger partial charge in [0.05, 0.1) is 19.8 Å². The lowest BCUT2D eigenvalue weighted by Crippen LogP contribution is -2.34. The number of carboxylic acids is 1. The van der Waals surface area contributed by atoms with E-state index in [-0.39, 0.29) is 13.0 Å². The molecule has 304 valence electrons. The van der Waals surface area contributed by atoms with E-state index in [0.717, 1.165) is 89.9 Å². The number of hydrogen-bond donors (Lipinski definition) is 3. The SMILES string of the molecule is CC/C=C\C/C=C\C/C=C\C/C=C\CCCCCCC(=O)OC(COCCCCCCCC/C=C\C/C=C\CCC)COP(=O)(O)OCC(N)C(=O)O. The number of ether oxygens (including phenoxy) is 2.